The van der Waals surface area contributed by atoms with E-state index in [0.717, 1.165) is 5.56 Å². The molecule has 1 atom stereocenters. The number of hydrogen-bond donors (Lipinski definition) is 0. The number of rotatable bonds is 2. The Hall–Kier alpha value is -3.09. The molecule has 0 aliphatic carbocycles. The van der Waals surface area contributed by atoms with E-state index < -0.39 is 0 Å². The zero-order chi connectivity index (χ0) is 17.1. The van der Waals surface area contributed by atoms with Crippen molar-refractivity contribution in [3.63, 3.8) is 0 Å². The summed E-state index contributed by atoms with van der Waals surface area (Å²) in [6.07, 6.45) is -0.279. The summed E-state index contributed by atoms with van der Waals surface area (Å²) in [5.74, 6) is 0.385. The van der Waals surface area contributed by atoms with Gasteiger partial charge in [-0.2, -0.15) is 10.5 Å². The molecule has 1 aromatic carbocycles. The van der Waals surface area contributed by atoms with Crippen LogP contribution >= 0.6 is 0 Å². The Bertz CT molecular complexity index is 857. The zero-order valence-electron chi connectivity index (χ0n) is 13.2. The van der Waals surface area contributed by atoms with Crippen molar-refractivity contribution in [1.29, 1.82) is 10.5 Å². The molecule has 6 nitrogen and oxygen atoms in total. The molecule has 1 aliphatic heterocycles. The molecule has 1 saturated heterocycles. The number of carbonyl (C=O) groups is 1. The van der Waals surface area contributed by atoms with E-state index in [9.17, 15) is 4.79 Å². The van der Waals surface area contributed by atoms with Crippen molar-refractivity contribution in [2.24, 2.45) is 0 Å². The molecule has 1 aromatic heterocycles. The third-order valence-corrected chi connectivity index (χ3v) is 4.00. The first kappa shape index (κ1) is 15.8. The second kappa shape index (κ2) is 6.57. The van der Waals surface area contributed by atoms with Crippen LogP contribution in [0, 0.1) is 29.6 Å². The number of nitrogens with zero attached hydrogens (tertiary/aromatic N) is 3. The maximum Gasteiger partial charge on any atom is 0.257 e. The molecule has 0 N–H and O–H groups in total. The highest BCUT2D eigenvalue weighted by Gasteiger charge is 2.28. The molecule has 1 aliphatic rings. The lowest BCUT2D eigenvalue weighted by atomic mass is 10.0. The minimum Gasteiger partial charge on any atom is -0.450 e. The van der Waals surface area contributed by atoms with Gasteiger partial charge in [0.15, 0.2) is 0 Å². The third kappa shape index (κ3) is 3.01. The highest BCUT2D eigenvalue weighted by molar-refractivity contribution is 5.95. The molecular weight excluding hydrogens is 306 g/mol. The van der Waals surface area contributed by atoms with Crippen molar-refractivity contribution in [3.05, 3.63) is 58.5 Å². The fraction of sp³-hybridized carbons (Fsp3) is 0.278. The first-order chi connectivity index (χ1) is 11.6. The fourth-order valence-corrected chi connectivity index (χ4v) is 2.76. The molecule has 0 bridgehead atoms. The molecule has 24 heavy (non-hydrogen) atoms. The molecule has 2 aromatic rings. The molecule has 0 saturated carbocycles. The van der Waals surface area contributed by atoms with E-state index in [4.69, 9.17) is 19.7 Å². The number of benzene rings is 1. The molecule has 6 heteroatoms. The van der Waals surface area contributed by atoms with Crippen molar-refractivity contribution < 1.29 is 13.9 Å². The first-order valence-corrected chi connectivity index (χ1v) is 7.54. The highest BCUT2D eigenvalue weighted by atomic mass is 16.5. The maximum atomic E-state index is 12.7. The van der Waals surface area contributed by atoms with E-state index in [0.29, 0.717) is 36.6 Å². The number of aryl methyl sites for hydroxylation is 1. The van der Waals surface area contributed by atoms with Crippen molar-refractivity contribution in [1.82, 2.24) is 4.90 Å². The lowest BCUT2D eigenvalue weighted by molar-refractivity contribution is -0.0228. The van der Waals surface area contributed by atoms with Crippen molar-refractivity contribution in [3.8, 4) is 12.1 Å². The second-order valence-corrected chi connectivity index (χ2v) is 5.54. The first-order valence-electron chi connectivity index (χ1n) is 7.54. The van der Waals surface area contributed by atoms with Gasteiger partial charge < -0.3 is 14.1 Å². The number of morpholine rings is 1. The zero-order valence-corrected chi connectivity index (χ0v) is 13.2. The normalized spacial score (nSPS) is 17.1. The van der Waals surface area contributed by atoms with Crippen molar-refractivity contribution in [2.45, 2.75) is 13.0 Å². The predicted octanol–water partition coefficient (Wildman–Crippen LogP) is 2.55. The smallest absolute Gasteiger partial charge is 0.257 e. The summed E-state index contributed by atoms with van der Waals surface area (Å²) in [5, 5.41) is 17.9. The lowest BCUT2D eigenvalue weighted by Gasteiger charge is -2.33. The average molecular weight is 321 g/mol. The summed E-state index contributed by atoms with van der Waals surface area (Å²) >= 11 is 0. The van der Waals surface area contributed by atoms with Crippen LogP contribution in [-0.4, -0.2) is 30.5 Å². The van der Waals surface area contributed by atoms with Crippen LogP contribution in [-0.2, 0) is 4.74 Å². The van der Waals surface area contributed by atoms with Crippen LogP contribution in [0.2, 0.25) is 0 Å². The van der Waals surface area contributed by atoms with Crippen LogP contribution in [0.5, 0.6) is 0 Å². The van der Waals surface area contributed by atoms with Crippen LogP contribution in [0.15, 0.2) is 34.7 Å². The summed E-state index contributed by atoms with van der Waals surface area (Å²) in [4.78, 5) is 14.4. The molecule has 1 fully saturated rings. The van der Waals surface area contributed by atoms with Crippen LogP contribution in [0.25, 0.3) is 0 Å². The maximum absolute atomic E-state index is 12.7. The average Bonchev–Trinajstić information content (AvgIpc) is 3.02. The number of hydrogen-bond acceptors (Lipinski definition) is 5. The molecule has 120 valence electrons. The van der Waals surface area contributed by atoms with Gasteiger partial charge in [0.2, 0.25) is 5.76 Å². The number of amides is 1. The van der Waals surface area contributed by atoms with E-state index in [1.165, 1.54) is 6.07 Å². The number of ether oxygens (including phenoxy) is 1. The summed E-state index contributed by atoms with van der Waals surface area (Å²) < 4.78 is 11.0. The van der Waals surface area contributed by atoms with Crippen LogP contribution in [0.4, 0.5) is 0 Å². The largest absolute Gasteiger partial charge is 0.450 e. The Morgan fingerprint density at radius 3 is 2.83 bits per heavy atom. The van der Waals surface area contributed by atoms with Gasteiger partial charge in [0.1, 0.15) is 17.9 Å². The summed E-state index contributed by atoms with van der Waals surface area (Å²) in [6.45, 7) is 2.94. The Kier molecular flexibility index (Phi) is 4.33. The Balaban J connectivity index is 1.80. The molecule has 0 radical (unpaired) electrons. The quantitative estimate of drug-likeness (QED) is 0.848. The predicted molar refractivity (Wildman–Crippen MR) is 83.9 cm³/mol. The third-order valence-electron chi connectivity index (χ3n) is 4.00. The topological polar surface area (TPSA) is 90.3 Å². The molecule has 2 heterocycles. The van der Waals surface area contributed by atoms with Gasteiger partial charge in [0.05, 0.1) is 30.3 Å². The van der Waals surface area contributed by atoms with E-state index >= 15 is 0 Å². The van der Waals surface area contributed by atoms with Gasteiger partial charge in [-0.1, -0.05) is 12.1 Å². The van der Waals surface area contributed by atoms with E-state index in [1.807, 2.05) is 12.1 Å². The van der Waals surface area contributed by atoms with Crippen LogP contribution < -0.4 is 0 Å². The van der Waals surface area contributed by atoms with Crippen LogP contribution in [0.3, 0.4) is 0 Å². The van der Waals surface area contributed by atoms with Crippen molar-refractivity contribution in [2.75, 3.05) is 19.7 Å². The highest BCUT2D eigenvalue weighted by Crippen LogP contribution is 2.25. The minimum absolute atomic E-state index is 0.127. The molecule has 0 spiro atoms. The van der Waals surface area contributed by atoms with E-state index in [2.05, 4.69) is 6.07 Å². The summed E-state index contributed by atoms with van der Waals surface area (Å²) in [6, 6.07) is 12.7. The molecule has 1 unspecified atom stereocenters. The minimum atomic E-state index is -0.279. The molecule has 1 amide bonds. The molecular formula is C18H15N3O3. The van der Waals surface area contributed by atoms with E-state index in [1.54, 1.807) is 30.0 Å². The van der Waals surface area contributed by atoms with Gasteiger partial charge in [-0.25, -0.2) is 0 Å². The standard InChI is InChI=1S/C18H15N3O3/c1-12-16(8-15(10-20)24-12)18(22)21-5-6-23-17(11-21)14-4-2-3-13(7-14)9-19/h2-4,7-8,17H,5-6,11H2,1H3. The SMILES string of the molecule is Cc1oc(C#N)cc1C(=O)N1CCOC(c2cccc(C#N)c2)C1. The number of nitriles is 2. The van der Waals surface area contributed by atoms with E-state index in [-0.39, 0.29) is 17.8 Å². The van der Waals surface area contributed by atoms with Crippen LogP contribution in [0.1, 0.15) is 39.1 Å². The Morgan fingerprint density at radius 1 is 1.29 bits per heavy atom. The van der Waals surface area contributed by atoms with Gasteiger partial charge in [0.25, 0.3) is 5.91 Å². The summed E-state index contributed by atoms with van der Waals surface area (Å²) in [7, 11) is 0. The number of carbonyl (C=O) groups excluding carboxylic acids is 1. The van der Waals surface area contributed by atoms with Gasteiger partial charge in [0, 0.05) is 12.6 Å². The Morgan fingerprint density at radius 2 is 2.12 bits per heavy atom. The second-order valence-electron chi connectivity index (χ2n) is 5.54. The van der Waals surface area contributed by atoms with Gasteiger partial charge in [-0.3, -0.25) is 4.79 Å². The van der Waals surface area contributed by atoms with Gasteiger partial charge >= 0.3 is 0 Å². The molecule has 3 rings (SSSR count). The fourth-order valence-electron chi connectivity index (χ4n) is 2.76. The number of furan rings is 1. The monoisotopic (exact) mass is 321 g/mol. The van der Waals surface area contributed by atoms with Crippen molar-refractivity contribution >= 4 is 5.91 Å². The summed E-state index contributed by atoms with van der Waals surface area (Å²) in [5.41, 5.74) is 1.83. The Labute approximate surface area is 139 Å². The van der Waals surface area contributed by atoms with Gasteiger partial charge in [-0.15, -0.1) is 0 Å². The van der Waals surface area contributed by atoms with Gasteiger partial charge in [-0.05, 0) is 24.6 Å². The lowest BCUT2D eigenvalue weighted by Crippen LogP contribution is -2.42.